The molecule has 11 heavy (non-hydrogen) atoms. The first-order valence-corrected chi connectivity index (χ1v) is 4.29. The molecule has 1 aromatic heterocycles. The molecule has 1 heterocycles. The van der Waals surface area contributed by atoms with Gasteiger partial charge in [-0.25, -0.2) is 4.79 Å². The number of hydrogen-bond donors (Lipinski definition) is 0. The number of ether oxygens (including phenoxy) is 1. The van der Waals surface area contributed by atoms with Crippen molar-refractivity contribution in [3.63, 3.8) is 0 Å². The van der Waals surface area contributed by atoms with Crippen LogP contribution >= 0.6 is 22.9 Å². The van der Waals surface area contributed by atoms with Crippen molar-refractivity contribution in [2.75, 3.05) is 0 Å². The van der Waals surface area contributed by atoms with Gasteiger partial charge in [0.2, 0.25) is 0 Å². The van der Waals surface area contributed by atoms with Gasteiger partial charge in [0.05, 0.1) is 0 Å². The Labute approximate surface area is 73.7 Å². The van der Waals surface area contributed by atoms with Crippen LogP contribution in [0.4, 0.5) is 4.79 Å². The monoisotopic (exact) mass is 190 g/mol. The van der Waals surface area contributed by atoms with Crippen LogP contribution in [0.1, 0.15) is 10.4 Å². The summed E-state index contributed by atoms with van der Waals surface area (Å²) in [6.45, 7) is 3.76. The Morgan fingerprint density at radius 3 is 2.64 bits per heavy atom. The summed E-state index contributed by atoms with van der Waals surface area (Å²) in [5, 5.41) is 1.92. The van der Waals surface area contributed by atoms with Crippen molar-refractivity contribution < 1.29 is 9.53 Å². The third-order valence-corrected chi connectivity index (χ3v) is 2.36. The summed E-state index contributed by atoms with van der Waals surface area (Å²) in [6, 6.07) is 0. The van der Waals surface area contributed by atoms with Gasteiger partial charge >= 0.3 is 5.43 Å². The van der Waals surface area contributed by atoms with E-state index < -0.39 is 5.43 Å². The maximum Gasteiger partial charge on any atom is 0.409 e. The quantitative estimate of drug-likeness (QED) is 0.637. The second-order valence-electron chi connectivity index (χ2n) is 2.14. The average Bonchev–Trinajstić information content (AvgIpc) is 2.18. The number of halogens is 1. The molecule has 0 saturated carbocycles. The van der Waals surface area contributed by atoms with E-state index in [2.05, 4.69) is 0 Å². The van der Waals surface area contributed by atoms with Crippen LogP contribution < -0.4 is 4.74 Å². The fourth-order valence-electron chi connectivity index (χ4n) is 0.794. The highest BCUT2D eigenvalue weighted by Crippen LogP contribution is 2.29. The summed E-state index contributed by atoms with van der Waals surface area (Å²) in [5.74, 6) is 0.593. The van der Waals surface area contributed by atoms with E-state index in [0.717, 1.165) is 10.4 Å². The fourth-order valence-corrected chi connectivity index (χ4v) is 1.64. The maximum absolute atomic E-state index is 10.4. The zero-order valence-electron chi connectivity index (χ0n) is 6.18. The number of rotatable bonds is 1. The Hall–Kier alpha value is -0.540. The summed E-state index contributed by atoms with van der Waals surface area (Å²) in [4.78, 5) is 11.3. The smallest absolute Gasteiger partial charge is 0.409 e. The average molecular weight is 191 g/mol. The molecule has 0 radical (unpaired) electrons. The summed E-state index contributed by atoms with van der Waals surface area (Å²) >= 11 is 6.59. The molecule has 0 N–H and O–H groups in total. The van der Waals surface area contributed by atoms with Crippen molar-refractivity contribution in [2.24, 2.45) is 0 Å². The van der Waals surface area contributed by atoms with E-state index in [0.29, 0.717) is 5.75 Å². The van der Waals surface area contributed by atoms with Gasteiger partial charge in [0.25, 0.3) is 0 Å². The molecule has 0 unspecified atom stereocenters. The molecule has 4 heteroatoms. The molecule has 1 aromatic rings. The molecule has 0 aliphatic heterocycles. The van der Waals surface area contributed by atoms with Crippen molar-refractivity contribution >= 4 is 28.4 Å². The van der Waals surface area contributed by atoms with Gasteiger partial charge in [-0.3, -0.25) is 0 Å². The first-order valence-electron chi connectivity index (χ1n) is 3.03. The fraction of sp³-hybridized carbons (Fsp3) is 0.286. The lowest BCUT2D eigenvalue weighted by molar-refractivity contribution is 0.225. The summed E-state index contributed by atoms with van der Waals surface area (Å²) in [5.41, 5.74) is 0.163. The molecular formula is C7H7ClO2S. The Bertz CT molecular complexity index is 260. The van der Waals surface area contributed by atoms with Crippen molar-refractivity contribution in [2.45, 2.75) is 13.8 Å². The Balaban J connectivity index is 2.92. The molecule has 0 spiro atoms. The van der Waals surface area contributed by atoms with Crippen molar-refractivity contribution in [1.29, 1.82) is 0 Å². The zero-order valence-corrected chi connectivity index (χ0v) is 7.75. The van der Waals surface area contributed by atoms with Gasteiger partial charge in [-0.05, 0) is 19.2 Å². The van der Waals surface area contributed by atoms with Crippen LogP contribution in [0.5, 0.6) is 5.75 Å². The Morgan fingerprint density at radius 2 is 2.27 bits per heavy atom. The SMILES string of the molecule is Cc1csc(C)c1OC(=O)Cl. The normalized spacial score (nSPS) is 9.73. The lowest BCUT2D eigenvalue weighted by atomic mass is 10.3. The van der Waals surface area contributed by atoms with Gasteiger partial charge in [-0.15, -0.1) is 11.3 Å². The lowest BCUT2D eigenvalue weighted by Gasteiger charge is -1.98. The van der Waals surface area contributed by atoms with Gasteiger partial charge in [-0.1, -0.05) is 0 Å². The minimum Gasteiger partial charge on any atom is -0.413 e. The van der Waals surface area contributed by atoms with Crippen LogP contribution in [-0.2, 0) is 0 Å². The van der Waals surface area contributed by atoms with Gasteiger partial charge in [0.1, 0.15) is 5.75 Å². The molecule has 0 bridgehead atoms. The second kappa shape index (κ2) is 3.24. The predicted molar refractivity (Wildman–Crippen MR) is 45.7 cm³/mol. The minimum atomic E-state index is -0.783. The van der Waals surface area contributed by atoms with Crippen molar-refractivity contribution in [3.05, 3.63) is 15.8 Å². The van der Waals surface area contributed by atoms with Crippen LogP contribution in [-0.4, -0.2) is 5.43 Å². The lowest BCUT2D eigenvalue weighted by Crippen LogP contribution is -1.96. The highest BCUT2D eigenvalue weighted by atomic mass is 35.5. The third-order valence-electron chi connectivity index (χ3n) is 1.27. The van der Waals surface area contributed by atoms with E-state index >= 15 is 0 Å². The number of thiophene rings is 1. The van der Waals surface area contributed by atoms with E-state index in [1.807, 2.05) is 19.2 Å². The predicted octanol–water partition coefficient (Wildman–Crippen LogP) is 3.10. The highest BCUT2D eigenvalue weighted by molar-refractivity contribution is 7.10. The van der Waals surface area contributed by atoms with E-state index in [9.17, 15) is 4.79 Å². The number of carbonyl (C=O) groups excluding carboxylic acids is 1. The van der Waals surface area contributed by atoms with Crippen LogP contribution in [0.2, 0.25) is 0 Å². The second-order valence-corrected chi connectivity index (χ2v) is 3.54. The molecule has 0 fully saturated rings. The number of carbonyl (C=O) groups is 1. The molecule has 0 saturated heterocycles. The van der Waals surface area contributed by atoms with Crippen LogP contribution in [0, 0.1) is 13.8 Å². The van der Waals surface area contributed by atoms with Gasteiger partial charge in [0, 0.05) is 22.0 Å². The highest BCUT2D eigenvalue weighted by Gasteiger charge is 2.08. The van der Waals surface area contributed by atoms with E-state index in [-0.39, 0.29) is 0 Å². The molecule has 0 aliphatic carbocycles. The Kier molecular flexibility index (Phi) is 2.52. The molecule has 0 aliphatic rings. The standard InChI is InChI=1S/C7H7ClO2S/c1-4-3-11-5(2)6(4)10-7(8)9/h3H,1-2H3. The van der Waals surface area contributed by atoms with E-state index in [4.69, 9.17) is 16.3 Å². The minimum absolute atomic E-state index is 0.593. The molecule has 60 valence electrons. The summed E-state index contributed by atoms with van der Waals surface area (Å²) < 4.78 is 4.75. The first kappa shape index (κ1) is 8.56. The Morgan fingerprint density at radius 1 is 1.64 bits per heavy atom. The molecule has 2 nitrogen and oxygen atoms in total. The van der Waals surface area contributed by atoms with E-state index in [1.54, 1.807) is 0 Å². The van der Waals surface area contributed by atoms with Crippen LogP contribution in [0.15, 0.2) is 5.38 Å². The molecule has 0 amide bonds. The maximum atomic E-state index is 10.4. The molecule has 0 aromatic carbocycles. The third kappa shape index (κ3) is 1.94. The van der Waals surface area contributed by atoms with Gasteiger partial charge < -0.3 is 4.74 Å². The number of hydrogen-bond acceptors (Lipinski definition) is 3. The number of aryl methyl sites for hydroxylation is 2. The topological polar surface area (TPSA) is 26.3 Å². The molecular weight excluding hydrogens is 184 g/mol. The molecule has 0 atom stereocenters. The zero-order chi connectivity index (χ0) is 8.43. The van der Waals surface area contributed by atoms with Crippen LogP contribution in [0.3, 0.4) is 0 Å². The van der Waals surface area contributed by atoms with Gasteiger partial charge in [-0.2, -0.15) is 0 Å². The largest absolute Gasteiger partial charge is 0.413 e. The summed E-state index contributed by atoms with van der Waals surface area (Å²) in [7, 11) is 0. The molecule has 1 rings (SSSR count). The first-order chi connectivity index (χ1) is 5.11. The van der Waals surface area contributed by atoms with Crippen molar-refractivity contribution in [1.82, 2.24) is 0 Å². The van der Waals surface area contributed by atoms with Crippen molar-refractivity contribution in [3.8, 4) is 5.75 Å². The van der Waals surface area contributed by atoms with Gasteiger partial charge in [0.15, 0.2) is 0 Å². The van der Waals surface area contributed by atoms with E-state index in [1.165, 1.54) is 11.3 Å². The van der Waals surface area contributed by atoms with Crippen LogP contribution in [0.25, 0.3) is 0 Å². The summed E-state index contributed by atoms with van der Waals surface area (Å²) in [6.07, 6.45) is 0.